The molecule has 0 aliphatic heterocycles. The molecule has 90 valence electrons. The fraction of sp³-hybridized carbons (Fsp3) is 0.200. The predicted octanol–water partition coefficient (Wildman–Crippen LogP) is -0.282. The van der Waals surface area contributed by atoms with Crippen LogP contribution in [0.25, 0.3) is 0 Å². The van der Waals surface area contributed by atoms with Gasteiger partial charge in [-0.2, -0.15) is 0 Å². The Labute approximate surface area is 106 Å². The van der Waals surface area contributed by atoms with E-state index in [4.69, 9.17) is 15.3 Å². The van der Waals surface area contributed by atoms with E-state index in [1.54, 1.807) is 18.2 Å². The van der Waals surface area contributed by atoms with Crippen molar-refractivity contribution < 1.29 is 15.3 Å². The van der Waals surface area contributed by atoms with Crippen molar-refractivity contribution in [3.63, 3.8) is 0 Å². The summed E-state index contributed by atoms with van der Waals surface area (Å²) in [6.45, 7) is -0.654. The molecular weight excluding hydrogens is 228 g/mol. The van der Waals surface area contributed by atoms with Gasteiger partial charge in [0.05, 0.1) is 0 Å². The van der Waals surface area contributed by atoms with E-state index in [9.17, 15) is 0 Å². The van der Waals surface area contributed by atoms with Crippen LogP contribution in [0.2, 0.25) is 0 Å². The van der Waals surface area contributed by atoms with E-state index in [1.165, 1.54) is 0 Å². The highest BCUT2D eigenvalue weighted by atomic mass is 16.3. The van der Waals surface area contributed by atoms with Gasteiger partial charge in [-0.05, 0) is 18.2 Å². The minimum Gasteiger partial charge on any atom is -0.384 e. The van der Waals surface area contributed by atoms with Crippen LogP contribution in [0.5, 0.6) is 0 Å². The van der Waals surface area contributed by atoms with Gasteiger partial charge >= 0.3 is 0 Å². The van der Waals surface area contributed by atoms with Crippen LogP contribution in [0, 0.1) is 35.5 Å². The highest BCUT2D eigenvalue weighted by molar-refractivity contribution is 5.51. The molecule has 0 aliphatic carbocycles. The van der Waals surface area contributed by atoms with Gasteiger partial charge in [0.25, 0.3) is 0 Å². The van der Waals surface area contributed by atoms with Crippen LogP contribution in [0.1, 0.15) is 16.7 Å². The van der Waals surface area contributed by atoms with Crippen molar-refractivity contribution in [1.82, 2.24) is 0 Å². The first-order valence-electron chi connectivity index (χ1n) is 5.24. The molecule has 1 aromatic carbocycles. The van der Waals surface area contributed by atoms with E-state index < -0.39 is 0 Å². The molecule has 0 fully saturated rings. The number of aliphatic hydroxyl groups excluding tert-OH is 3. The maximum absolute atomic E-state index is 8.65. The lowest BCUT2D eigenvalue weighted by molar-refractivity contribution is 0.350. The number of hydrogen-bond donors (Lipinski definition) is 3. The van der Waals surface area contributed by atoms with Gasteiger partial charge in [-0.1, -0.05) is 35.5 Å². The highest BCUT2D eigenvalue weighted by Crippen LogP contribution is 2.08. The van der Waals surface area contributed by atoms with Crippen molar-refractivity contribution in [2.24, 2.45) is 0 Å². The van der Waals surface area contributed by atoms with Gasteiger partial charge in [-0.25, -0.2) is 0 Å². The van der Waals surface area contributed by atoms with Gasteiger partial charge in [-0.3, -0.25) is 0 Å². The van der Waals surface area contributed by atoms with E-state index in [2.05, 4.69) is 35.5 Å². The van der Waals surface area contributed by atoms with Crippen LogP contribution in [0.3, 0.4) is 0 Å². The van der Waals surface area contributed by atoms with E-state index in [-0.39, 0.29) is 19.8 Å². The molecule has 3 nitrogen and oxygen atoms in total. The Hall–Kier alpha value is -2.22. The lowest BCUT2D eigenvalue weighted by Crippen LogP contribution is -1.86. The van der Waals surface area contributed by atoms with Gasteiger partial charge in [0, 0.05) is 16.7 Å². The van der Waals surface area contributed by atoms with Gasteiger partial charge in [0.15, 0.2) is 0 Å². The first-order valence-corrected chi connectivity index (χ1v) is 5.24. The lowest BCUT2D eigenvalue weighted by Gasteiger charge is -1.96. The van der Waals surface area contributed by atoms with Crippen molar-refractivity contribution in [2.45, 2.75) is 0 Å². The summed E-state index contributed by atoms with van der Waals surface area (Å²) in [6, 6.07) is 5.24. The Balaban J connectivity index is 3.19. The Bertz CT molecular complexity index is 485. The smallest absolute Gasteiger partial charge is 0.104 e. The molecule has 3 N–H and O–H groups in total. The molecular formula is C15H12O3. The largest absolute Gasteiger partial charge is 0.384 e. The summed E-state index contributed by atoms with van der Waals surface area (Å²) in [5, 5.41) is 26.0. The quantitative estimate of drug-likeness (QED) is 0.547. The highest BCUT2D eigenvalue weighted by Gasteiger charge is 1.95. The molecule has 0 saturated heterocycles. The van der Waals surface area contributed by atoms with Gasteiger partial charge < -0.3 is 15.3 Å². The Morgan fingerprint density at radius 1 is 0.611 bits per heavy atom. The minimum absolute atomic E-state index is 0.218. The average Bonchev–Trinajstić information content (AvgIpc) is 2.40. The summed E-state index contributed by atoms with van der Waals surface area (Å²) in [7, 11) is 0. The second-order valence-electron chi connectivity index (χ2n) is 3.18. The topological polar surface area (TPSA) is 60.7 Å². The van der Waals surface area contributed by atoms with E-state index in [1.807, 2.05) is 0 Å². The van der Waals surface area contributed by atoms with Crippen LogP contribution in [-0.2, 0) is 0 Å². The van der Waals surface area contributed by atoms with Crippen molar-refractivity contribution in [2.75, 3.05) is 19.8 Å². The third-order valence-electron chi connectivity index (χ3n) is 1.87. The zero-order valence-corrected chi connectivity index (χ0v) is 9.70. The monoisotopic (exact) mass is 240 g/mol. The van der Waals surface area contributed by atoms with Gasteiger partial charge in [0.2, 0.25) is 0 Å². The van der Waals surface area contributed by atoms with E-state index in [0.717, 1.165) is 0 Å². The van der Waals surface area contributed by atoms with Crippen LogP contribution < -0.4 is 0 Å². The van der Waals surface area contributed by atoms with Crippen molar-refractivity contribution in [3.05, 3.63) is 34.9 Å². The van der Waals surface area contributed by atoms with Gasteiger partial charge in [-0.15, -0.1) is 0 Å². The SMILES string of the molecule is OCC#Cc1cc(C#CCO)cc(C#CCO)c1. The summed E-state index contributed by atoms with van der Waals surface area (Å²) in [5.41, 5.74) is 2.03. The summed E-state index contributed by atoms with van der Waals surface area (Å²) in [5.74, 6) is 15.9. The number of hydrogen-bond acceptors (Lipinski definition) is 3. The predicted molar refractivity (Wildman–Crippen MR) is 68.3 cm³/mol. The molecule has 0 spiro atoms. The molecule has 1 rings (SSSR count). The second-order valence-corrected chi connectivity index (χ2v) is 3.18. The number of benzene rings is 1. The fourth-order valence-corrected chi connectivity index (χ4v) is 1.27. The van der Waals surface area contributed by atoms with Gasteiger partial charge in [0.1, 0.15) is 19.8 Å². The number of rotatable bonds is 0. The summed E-state index contributed by atoms with van der Waals surface area (Å²) < 4.78 is 0. The molecule has 0 aromatic heterocycles. The maximum atomic E-state index is 8.65. The first-order chi connectivity index (χ1) is 8.80. The summed E-state index contributed by atoms with van der Waals surface area (Å²) in [6.07, 6.45) is 0. The second kappa shape index (κ2) is 7.96. The molecule has 18 heavy (non-hydrogen) atoms. The lowest BCUT2D eigenvalue weighted by atomic mass is 10.1. The molecule has 0 saturated carbocycles. The molecule has 0 bridgehead atoms. The maximum Gasteiger partial charge on any atom is 0.104 e. The van der Waals surface area contributed by atoms with E-state index in [0.29, 0.717) is 16.7 Å². The minimum atomic E-state index is -0.218. The standard InChI is InChI=1S/C15H12O3/c16-7-1-4-13-10-14(5-2-8-17)12-15(11-13)6-3-9-18/h10-12,16-18H,7-9H2. The number of aliphatic hydroxyl groups is 3. The van der Waals surface area contributed by atoms with Crippen LogP contribution >= 0.6 is 0 Å². The summed E-state index contributed by atoms with van der Waals surface area (Å²) in [4.78, 5) is 0. The Morgan fingerprint density at radius 3 is 1.11 bits per heavy atom. The fourth-order valence-electron chi connectivity index (χ4n) is 1.27. The zero-order chi connectivity index (χ0) is 13.2. The van der Waals surface area contributed by atoms with Crippen molar-refractivity contribution in [1.29, 1.82) is 0 Å². The molecule has 3 heteroatoms. The first kappa shape index (κ1) is 13.8. The molecule has 1 aromatic rings. The normalized spacial score (nSPS) is 8.17. The summed E-state index contributed by atoms with van der Waals surface area (Å²) >= 11 is 0. The third kappa shape index (κ3) is 4.74. The molecule has 0 atom stereocenters. The van der Waals surface area contributed by atoms with Crippen LogP contribution in [0.4, 0.5) is 0 Å². The Morgan fingerprint density at radius 2 is 0.889 bits per heavy atom. The Kier molecular flexibility index (Phi) is 6.12. The van der Waals surface area contributed by atoms with Crippen LogP contribution in [-0.4, -0.2) is 35.1 Å². The zero-order valence-electron chi connectivity index (χ0n) is 9.70. The van der Waals surface area contributed by atoms with Crippen LogP contribution in [0.15, 0.2) is 18.2 Å². The molecule has 0 aliphatic rings. The molecule has 0 heterocycles. The third-order valence-corrected chi connectivity index (χ3v) is 1.87. The van der Waals surface area contributed by atoms with E-state index >= 15 is 0 Å². The molecule has 0 radical (unpaired) electrons. The average molecular weight is 240 g/mol. The van der Waals surface area contributed by atoms with Crippen molar-refractivity contribution >= 4 is 0 Å². The molecule has 0 unspecified atom stereocenters. The van der Waals surface area contributed by atoms with Crippen molar-refractivity contribution in [3.8, 4) is 35.5 Å². The molecule has 0 amide bonds.